The fourth-order valence-electron chi connectivity index (χ4n) is 2.73. The summed E-state index contributed by atoms with van der Waals surface area (Å²) in [6.07, 6.45) is 5.36. The summed E-state index contributed by atoms with van der Waals surface area (Å²) in [5.74, 6) is -0.141. The van der Waals surface area contributed by atoms with Crippen molar-refractivity contribution < 1.29 is 4.79 Å². The maximum absolute atomic E-state index is 12.5. The van der Waals surface area contributed by atoms with Gasteiger partial charge in [-0.1, -0.05) is 24.3 Å². The number of hydrogen-bond donors (Lipinski definition) is 2. The van der Waals surface area contributed by atoms with Crippen LogP contribution in [0.25, 0.3) is 11.3 Å². The van der Waals surface area contributed by atoms with Crippen molar-refractivity contribution in [2.75, 3.05) is 5.32 Å². The SMILES string of the molecule is O=C(Nc1cccc(-c2ccn[nH]2)c1)c1ccc(Cn2cccn2)cc1. The van der Waals surface area contributed by atoms with Crippen LogP contribution in [0.1, 0.15) is 15.9 Å². The number of anilines is 1. The zero-order valence-electron chi connectivity index (χ0n) is 14.0. The fourth-order valence-corrected chi connectivity index (χ4v) is 2.73. The van der Waals surface area contributed by atoms with E-state index in [2.05, 4.69) is 20.6 Å². The van der Waals surface area contributed by atoms with Crippen LogP contribution >= 0.6 is 0 Å². The van der Waals surface area contributed by atoms with Gasteiger partial charge in [-0.05, 0) is 42.0 Å². The smallest absolute Gasteiger partial charge is 0.255 e. The molecular formula is C20H17N5O. The Morgan fingerprint density at radius 2 is 1.92 bits per heavy atom. The largest absolute Gasteiger partial charge is 0.322 e. The van der Waals surface area contributed by atoms with Crippen molar-refractivity contribution >= 4 is 11.6 Å². The Kier molecular flexibility index (Phi) is 4.30. The van der Waals surface area contributed by atoms with Gasteiger partial charge >= 0.3 is 0 Å². The van der Waals surface area contributed by atoms with E-state index in [0.717, 1.165) is 22.5 Å². The third-order valence-corrected chi connectivity index (χ3v) is 4.05. The van der Waals surface area contributed by atoms with Crippen LogP contribution in [0.4, 0.5) is 5.69 Å². The first-order valence-electron chi connectivity index (χ1n) is 8.25. The molecule has 0 atom stereocenters. The highest BCUT2D eigenvalue weighted by Gasteiger charge is 2.07. The molecule has 0 fully saturated rings. The summed E-state index contributed by atoms with van der Waals surface area (Å²) in [6, 6.07) is 19.0. The van der Waals surface area contributed by atoms with E-state index >= 15 is 0 Å². The molecule has 2 heterocycles. The molecule has 0 saturated carbocycles. The summed E-state index contributed by atoms with van der Waals surface area (Å²) >= 11 is 0. The maximum Gasteiger partial charge on any atom is 0.255 e. The summed E-state index contributed by atoms with van der Waals surface area (Å²) in [7, 11) is 0. The zero-order chi connectivity index (χ0) is 17.8. The van der Waals surface area contributed by atoms with Crippen LogP contribution in [-0.2, 0) is 6.54 Å². The lowest BCUT2D eigenvalue weighted by Crippen LogP contribution is -2.12. The molecule has 0 radical (unpaired) electrons. The molecule has 6 nitrogen and oxygen atoms in total. The summed E-state index contributed by atoms with van der Waals surface area (Å²) in [5.41, 5.74) is 4.31. The van der Waals surface area contributed by atoms with Crippen LogP contribution in [0.5, 0.6) is 0 Å². The monoisotopic (exact) mass is 343 g/mol. The van der Waals surface area contributed by atoms with Crippen molar-refractivity contribution in [3.8, 4) is 11.3 Å². The Balaban J connectivity index is 1.45. The van der Waals surface area contributed by atoms with E-state index < -0.39 is 0 Å². The van der Waals surface area contributed by atoms with E-state index in [4.69, 9.17) is 0 Å². The summed E-state index contributed by atoms with van der Waals surface area (Å²) in [6.45, 7) is 0.682. The predicted molar refractivity (Wildman–Crippen MR) is 99.7 cm³/mol. The molecule has 0 bridgehead atoms. The number of aromatic nitrogens is 4. The van der Waals surface area contributed by atoms with E-state index in [1.807, 2.05) is 71.5 Å². The lowest BCUT2D eigenvalue weighted by Gasteiger charge is -2.08. The van der Waals surface area contributed by atoms with Crippen LogP contribution in [0.2, 0.25) is 0 Å². The van der Waals surface area contributed by atoms with Crippen LogP contribution < -0.4 is 5.32 Å². The molecule has 128 valence electrons. The van der Waals surface area contributed by atoms with E-state index in [-0.39, 0.29) is 5.91 Å². The molecule has 6 heteroatoms. The lowest BCUT2D eigenvalue weighted by atomic mass is 10.1. The first-order valence-corrected chi connectivity index (χ1v) is 8.25. The number of nitrogens with zero attached hydrogens (tertiary/aromatic N) is 3. The maximum atomic E-state index is 12.5. The minimum absolute atomic E-state index is 0.141. The van der Waals surface area contributed by atoms with Gasteiger partial charge in [-0.15, -0.1) is 0 Å². The first-order chi connectivity index (χ1) is 12.8. The Morgan fingerprint density at radius 3 is 2.65 bits per heavy atom. The van der Waals surface area contributed by atoms with Crippen LogP contribution in [-0.4, -0.2) is 25.9 Å². The quantitative estimate of drug-likeness (QED) is 0.582. The molecule has 0 unspecified atom stereocenters. The number of carbonyl (C=O) groups excluding carboxylic acids is 1. The summed E-state index contributed by atoms with van der Waals surface area (Å²) in [4.78, 5) is 12.5. The van der Waals surface area contributed by atoms with Gasteiger partial charge in [0.1, 0.15) is 0 Å². The van der Waals surface area contributed by atoms with Crippen molar-refractivity contribution in [2.24, 2.45) is 0 Å². The van der Waals surface area contributed by atoms with Crippen LogP contribution in [0.15, 0.2) is 79.3 Å². The van der Waals surface area contributed by atoms with Crippen molar-refractivity contribution in [2.45, 2.75) is 6.54 Å². The van der Waals surface area contributed by atoms with E-state index in [1.54, 1.807) is 12.4 Å². The number of aromatic amines is 1. The second kappa shape index (κ2) is 7.06. The molecule has 0 aliphatic rings. The molecule has 4 aromatic rings. The fraction of sp³-hybridized carbons (Fsp3) is 0.0500. The number of hydrogen-bond acceptors (Lipinski definition) is 3. The third-order valence-electron chi connectivity index (χ3n) is 4.05. The van der Waals surface area contributed by atoms with Crippen LogP contribution in [0.3, 0.4) is 0 Å². The van der Waals surface area contributed by atoms with E-state index in [1.165, 1.54) is 0 Å². The number of benzene rings is 2. The molecule has 2 aromatic heterocycles. The molecular weight excluding hydrogens is 326 g/mol. The Morgan fingerprint density at radius 1 is 1.04 bits per heavy atom. The van der Waals surface area contributed by atoms with Gasteiger partial charge in [0, 0.05) is 35.4 Å². The van der Waals surface area contributed by atoms with Gasteiger partial charge < -0.3 is 5.32 Å². The minimum atomic E-state index is -0.141. The Hall–Kier alpha value is -3.67. The number of H-pyrrole nitrogens is 1. The van der Waals surface area contributed by atoms with Crippen molar-refractivity contribution in [3.05, 3.63) is 90.4 Å². The summed E-state index contributed by atoms with van der Waals surface area (Å²) < 4.78 is 1.84. The minimum Gasteiger partial charge on any atom is -0.322 e. The topological polar surface area (TPSA) is 75.6 Å². The molecule has 0 aliphatic carbocycles. The molecule has 26 heavy (non-hydrogen) atoms. The van der Waals surface area contributed by atoms with E-state index in [9.17, 15) is 4.79 Å². The van der Waals surface area contributed by atoms with Crippen molar-refractivity contribution in [1.29, 1.82) is 0 Å². The second-order valence-electron chi connectivity index (χ2n) is 5.91. The van der Waals surface area contributed by atoms with Gasteiger partial charge in [-0.3, -0.25) is 14.6 Å². The number of rotatable bonds is 5. The van der Waals surface area contributed by atoms with Gasteiger partial charge in [0.2, 0.25) is 0 Å². The van der Waals surface area contributed by atoms with Gasteiger partial charge in [-0.25, -0.2) is 0 Å². The molecule has 0 spiro atoms. The molecule has 2 aromatic carbocycles. The summed E-state index contributed by atoms with van der Waals surface area (Å²) in [5, 5.41) is 14.0. The van der Waals surface area contributed by atoms with E-state index in [0.29, 0.717) is 12.1 Å². The van der Waals surface area contributed by atoms with Crippen molar-refractivity contribution in [1.82, 2.24) is 20.0 Å². The number of carbonyl (C=O) groups is 1. The second-order valence-corrected chi connectivity index (χ2v) is 5.91. The van der Waals surface area contributed by atoms with Gasteiger partial charge in [0.05, 0.1) is 12.2 Å². The van der Waals surface area contributed by atoms with Crippen molar-refractivity contribution in [3.63, 3.8) is 0 Å². The lowest BCUT2D eigenvalue weighted by molar-refractivity contribution is 0.102. The normalized spacial score (nSPS) is 10.6. The molecule has 0 aliphatic heterocycles. The number of amides is 1. The third kappa shape index (κ3) is 3.54. The average Bonchev–Trinajstić information content (AvgIpc) is 3.37. The van der Waals surface area contributed by atoms with Gasteiger partial charge in [0.25, 0.3) is 5.91 Å². The first kappa shape index (κ1) is 15.8. The molecule has 4 rings (SSSR count). The molecule has 0 saturated heterocycles. The highest BCUT2D eigenvalue weighted by atomic mass is 16.1. The predicted octanol–water partition coefficient (Wildman–Crippen LogP) is 3.57. The highest BCUT2D eigenvalue weighted by molar-refractivity contribution is 6.04. The molecule has 2 N–H and O–H groups in total. The highest BCUT2D eigenvalue weighted by Crippen LogP contribution is 2.20. The van der Waals surface area contributed by atoms with Gasteiger partial charge in [0.15, 0.2) is 0 Å². The number of nitrogens with one attached hydrogen (secondary N) is 2. The molecule has 1 amide bonds. The average molecular weight is 343 g/mol. The van der Waals surface area contributed by atoms with Crippen LogP contribution in [0, 0.1) is 0 Å². The van der Waals surface area contributed by atoms with Gasteiger partial charge in [-0.2, -0.15) is 10.2 Å². The standard InChI is InChI=1S/C20H17N5O/c26-20(16-7-5-15(6-8-16)14-25-12-2-10-22-25)23-18-4-1-3-17(13-18)19-9-11-21-24-19/h1-13H,14H2,(H,21,24)(H,23,26). The Bertz CT molecular complexity index is 989. The Labute approximate surface area is 150 Å². The zero-order valence-corrected chi connectivity index (χ0v) is 14.0.